The summed E-state index contributed by atoms with van der Waals surface area (Å²) in [7, 11) is -3.76. The monoisotopic (exact) mass is 421 g/mol. The fourth-order valence-electron chi connectivity index (χ4n) is 3.23. The first-order valence-electron chi connectivity index (χ1n) is 8.74. The lowest BCUT2D eigenvalue weighted by Crippen LogP contribution is -2.30. The van der Waals surface area contributed by atoms with Gasteiger partial charge in [0.25, 0.3) is 0 Å². The third kappa shape index (κ3) is 3.43. The van der Waals surface area contributed by atoms with Gasteiger partial charge in [-0.15, -0.1) is 0 Å². The lowest BCUT2D eigenvalue weighted by Gasteiger charge is -2.21. The number of hydrogen-bond donors (Lipinski definition) is 0. The van der Waals surface area contributed by atoms with Crippen LogP contribution in [0.2, 0.25) is 5.02 Å². The highest BCUT2D eigenvalue weighted by Crippen LogP contribution is 2.37. The van der Waals surface area contributed by atoms with Gasteiger partial charge in [0, 0.05) is 17.1 Å². The number of nitrogens with zero attached hydrogens (tertiary/aromatic N) is 3. The summed E-state index contributed by atoms with van der Waals surface area (Å²) in [6.45, 7) is 2.17. The minimum absolute atomic E-state index is 0.133. The molecule has 1 fully saturated rings. The molecule has 0 spiro atoms. The van der Waals surface area contributed by atoms with Crippen LogP contribution in [-0.4, -0.2) is 29.4 Å². The Morgan fingerprint density at radius 3 is 2.68 bits per heavy atom. The van der Waals surface area contributed by atoms with Gasteiger partial charge >= 0.3 is 0 Å². The molecule has 1 aromatic heterocycles. The molecule has 1 saturated heterocycles. The van der Waals surface area contributed by atoms with Crippen LogP contribution < -0.4 is 0 Å². The highest BCUT2D eigenvalue weighted by molar-refractivity contribution is 7.89. The molecule has 28 heavy (non-hydrogen) atoms. The molecule has 1 aliphatic heterocycles. The van der Waals surface area contributed by atoms with Gasteiger partial charge in [-0.3, -0.25) is 0 Å². The summed E-state index contributed by atoms with van der Waals surface area (Å²) in [6.07, 6.45) is 1.25. The Morgan fingerprint density at radius 1 is 1.21 bits per heavy atom. The molecular weight excluding hydrogens is 405 g/mol. The normalized spacial score (nSPS) is 17.9. The first-order valence-corrected chi connectivity index (χ1v) is 10.6. The Kier molecular flexibility index (Phi) is 4.95. The number of aryl methyl sites for hydroxylation is 1. The van der Waals surface area contributed by atoms with Crippen LogP contribution in [0, 0.1) is 12.7 Å². The van der Waals surface area contributed by atoms with Gasteiger partial charge in [-0.1, -0.05) is 22.8 Å². The molecule has 2 aromatic carbocycles. The number of halogens is 2. The topological polar surface area (TPSA) is 76.3 Å². The van der Waals surface area contributed by atoms with Crippen molar-refractivity contribution >= 4 is 21.6 Å². The van der Waals surface area contributed by atoms with Gasteiger partial charge in [0.15, 0.2) is 0 Å². The maximum atomic E-state index is 13.1. The Balaban J connectivity index is 1.65. The molecule has 4 rings (SSSR count). The zero-order valence-electron chi connectivity index (χ0n) is 15.0. The molecule has 9 heteroatoms. The van der Waals surface area contributed by atoms with Crippen molar-refractivity contribution in [2.75, 3.05) is 6.54 Å². The number of rotatable bonds is 4. The number of aromatic nitrogens is 2. The summed E-state index contributed by atoms with van der Waals surface area (Å²) in [5, 5.41) is 4.32. The molecule has 1 atom stereocenters. The highest BCUT2D eigenvalue weighted by Gasteiger charge is 2.39. The van der Waals surface area contributed by atoms with Gasteiger partial charge in [0.2, 0.25) is 21.7 Å². The highest BCUT2D eigenvalue weighted by atomic mass is 35.5. The maximum absolute atomic E-state index is 13.1. The van der Waals surface area contributed by atoms with Crippen molar-refractivity contribution in [3.05, 3.63) is 64.8 Å². The van der Waals surface area contributed by atoms with Crippen LogP contribution in [0.1, 0.15) is 30.3 Å². The predicted octanol–water partition coefficient (Wildman–Crippen LogP) is 4.36. The zero-order chi connectivity index (χ0) is 19.9. The van der Waals surface area contributed by atoms with Crippen molar-refractivity contribution in [3.63, 3.8) is 0 Å². The Morgan fingerprint density at radius 2 is 1.96 bits per heavy atom. The first-order chi connectivity index (χ1) is 13.4. The second kappa shape index (κ2) is 7.27. The molecule has 0 saturated carbocycles. The fraction of sp³-hybridized carbons (Fsp3) is 0.263. The first kappa shape index (κ1) is 19.0. The van der Waals surface area contributed by atoms with Crippen molar-refractivity contribution in [2.24, 2.45) is 0 Å². The van der Waals surface area contributed by atoms with Crippen LogP contribution in [-0.2, 0) is 10.0 Å². The van der Waals surface area contributed by atoms with Crippen molar-refractivity contribution < 1.29 is 17.3 Å². The SMILES string of the molecule is Cc1ccc(S(=O)(=O)N2CCC[C@@H]2c2nc(-c3ccc(F)cc3)no2)cc1Cl. The van der Waals surface area contributed by atoms with Crippen LogP contribution >= 0.6 is 11.6 Å². The van der Waals surface area contributed by atoms with Gasteiger partial charge < -0.3 is 4.52 Å². The van der Waals surface area contributed by atoms with E-state index in [-0.39, 0.29) is 22.4 Å². The van der Waals surface area contributed by atoms with Crippen molar-refractivity contribution in [3.8, 4) is 11.4 Å². The molecule has 6 nitrogen and oxygen atoms in total. The van der Waals surface area contributed by atoms with E-state index in [1.54, 1.807) is 24.3 Å². The van der Waals surface area contributed by atoms with Gasteiger partial charge in [0.05, 0.1) is 4.90 Å². The minimum atomic E-state index is -3.76. The number of sulfonamides is 1. The largest absolute Gasteiger partial charge is 0.337 e. The molecule has 2 heterocycles. The molecule has 0 N–H and O–H groups in total. The Bertz CT molecular complexity index is 1120. The second-order valence-electron chi connectivity index (χ2n) is 6.65. The van der Waals surface area contributed by atoms with Crippen LogP contribution in [0.5, 0.6) is 0 Å². The zero-order valence-corrected chi connectivity index (χ0v) is 16.5. The molecule has 0 aliphatic carbocycles. The van der Waals surface area contributed by atoms with Gasteiger partial charge in [-0.05, 0) is 61.7 Å². The summed E-state index contributed by atoms with van der Waals surface area (Å²) < 4.78 is 46.1. The van der Waals surface area contributed by atoms with Crippen LogP contribution in [0.25, 0.3) is 11.4 Å². The van der Waals surface area contributed by atoms with E-state index in [2.05, 4.69) is 10.1 Å². The maximum Gasteiger partial charge on any atom is 0.245 e. The molecule has 3 aromatic rings. The van der Waals surface area contributed by atoms with E-state index in [0.29, 0.717) is 30.0 Å². The quantitative estimate of drug-likeness (QED) is 0.625. The fourth-order valence-corrected chi connectivity index (χ4v) is 5.15. The second-order valence-corrected chi connectivity index (χ2v) is 8.95. The van der Waals surface area contributed by atoms with Crippen LogP contribution in [0.15, 0.2) is 51.9 Å². The standard InChI is InChI=1S/C19H17ClFN3O3S/c1-12-4-9-15(11-16(12)20)28(25,26)24-10-2-3-17(24)19-22-18(23-27-19)13-5-7-14(21)8-6-13/h4-9,11,17H,2-3,10H2,1H3/t17-/m1/s1. The van der Waals surface area contributed by atoms with Crippen molar-refractivity contribution in [2.45, 2.75) is 30.7 Å². The minimum Gasteiger partial charge on any atom is -0.337 e. The van der Waals surface area contributed by atoms with E-state index >= 15 is 0 Å². The average molecular weight is 422 g/mol. The summed E-state index contributed by atoms with van der Waals surface area (Å²) in [5.41, 5.74) is 1.40. The van der Waals surface area contributed by atoms with E-state index in [4.69, 9.17) is 16.1 Å². The number of hydrogen-bond acceptors (Lipinski definition) is 5. The van der Waals surface area contributed by atoms with Crippen molar-refractivity contribution in [1.82, 2.24) is 14.4 Å². The summed E-state index contributed by atoms with van der Waals surface area (Å²) >= 11 is 6.11. The van der Waals surface area contributed by atoms with E-state index in [1.807, 2.05) is 6.92 Å². The average Bonchev–Trinajstić information content (AvgIpc) is 3.33. The van der Waals surface area contributed by atoms with Crippen LogP contribution in [0.3, 0.4) is 0 Å². The summed E-state index contributed by atoms with van der Waals surface area (Å²) in [6, 6.07) is 9.83. The predicted molar refractivity (Wildman–Crippen MR) is 102 cm³/mol. The van der Waals surface area contributed by atoms with E-state index in [1.165, 1.54) is 22.5 Å². The number of benzene rings is 2. The lowest BCUT2D eigenvalue weighted by atomic mass is 10.2. The molecule has 0 unspecified atom stereocenters. The smallest absolute Gasteiger partial charge is 0.245 e. The lowest BCUT2D eigenvalue weighted by molar-refractivity contribution is 0.290. The summed E-state index contributed by atoms with van der Waals surface area (Å²) in [4.78, 5) is 4.48. The van der Waals surface area contributed by atoms with E-state index in [9.17, 15) is 12.8 Å². The van der Waals surface area contributed by atoms with Gasteiger partial charge in [-0.2, -0.15) is 9.29 Å². The molecular formula is C19H17ClFN3O3S. The molecule has 0 radical (unpaired) electrons. The molecule has 146 valence electrons. The van der Waals surface area contributed by atoms with E-state index in [0.717, 1.165) is 5.56 Å². The molecule has 1 aliphatic rings. The van der Waals surface area contributed by atoms with Crippen LogP contribution in [0.4, 0.5) is 4.39 Å². The van der Waals surface area contributed by atoms with Crippen molar-refractivity contribution in [1.29, 1.82) is 0 Å². The third-order valence-electron chi connectivity index (χ3n) is 4.78. The van der Waals surface area contributed by atoms with Gasteiger partial charge in [0.1, 0.15) is 11.9 Å². The van der Waals surface area contributed by atoms with Gasteiger partial charge in [-0.25, -0.2) is 12.8 Å². The molecule has 0 bridgehead atoms. The Hall–Kier alpha value is -2.29. The summed E-state index contributed by atoms with van der Waals surface area (Å²) in [5.74, 6) is 0.147. The Labute approximate surface area is 167 Å². The molecule has 0 amide bonds. The third-order valence-corrected chi connectivity index (χ3v) is 7.09. The van der Waals surface area contributed by atoms with E-state index < -0.39 is 16.1 Å².